The summed E-state index contributed by atoms with van der Waals surface area (Å²) in [4.78, 5) is 3.24. The van der Waals surface area contributed by atoms with Gasteiger partial charge in [-0.05, 0) is 61.2 Å². The van der Waals surface area contributed by atoms with E-state index in [-0.39, 0.29) is 6.61 Å². The number of aromatic nitrogens is 1. The molecule has 0 aliphatic carbocycles. The molecule has 4 nitrogen and oxygen atoms in total. The summed E-state index contributed by atoms with van der Waals surface area (Å²) in [6, 6.07) is 19.2. The van der Waals surface area contributed by atoms with E-state index in [1.165, 1.54) is 0 Å². The zero-order chi connectivity index (χ0) is 23.4. The lowest BCUT2D eigenvalue weighted by Gasteiger charge is -2.29. The topological polar surface area (TPSA) is 71.3 Å². The highest BCUT2D eigenvalue weighted by Gasteiger charge is 2.31. The van der Waals surface area contributed by atoms with Crippen molar-refractivity contribution < 1.29 is 14.2 Å². The van der Waals surface area contributed by atoms with Gasteiger partial charge in [0, 0.05) is 33.8 Å². The van der Waals surface area contributed by atoms with Crippen molar-refractivity contribution >= 4 is 10.9 Å². The molecule has 5 heteroatoms. The van der Waals surface area contributed by atoms with Gasteiger partial charge in [-0.25, -0.2) is 4.39 Å². The van der Waals surface area contributed by atoms with Gasteiger partial charge in [0.25, 0.3) is 0 Å². The van der Waals surface area contributed by atoms with Crippen LogP contribution < -0.4 is 10.5 Å². The van der Waals surface area contributed by atoms with Crippen LogP contribution in [0.3, 0.4) is 0 Å². The van der Waals surface area contributed by atoms with Gasteiger partial charge in [0.1, 0.15) is 5.75 Å². The second kappa shape index (κ2) is 9.50. The lowest BCUT2D eigenvalue weighted by molar-refractivity contribution is 0.169. The van der Waals surface area contributed by atoms with Crippen LogP contribution in [0.4, 0.5) is 4.39 Å². The lowest BCUT2D eigenvalue weighted by atomic mass is 9.84. The number of hydrogen-bond donors (Lipinski definition) is 3. The molecule has 168 valence electrons. The Kier molecular flexibility index (Phi) is 6.50. The highest BCUT2D eigenvalue weighted by Crippen LogP contribution is 2.34. The van der Waals surface area contributed by atoms with Crippen molar-refractivity contribution in [1.82, 2.24) is 4.98 Å². The number of alkyl halides is 1. The van der Waals surface area contributed by atoms with Gasteiger partial charge >= 0.3 is 0 Å². The van der Waals surface area contributed by atoms with Crippen molar-refractivity contribution in [3.05, 3.63) is 100 Å². The monoisotopic (exact) mass is 442 g/mol. The third-order valence-corrected chi connectivity index (χ3v) is 6.00. The zero-order valence-corrected chi connectivity index (χ0v) is 18.8. The number of aryl methyl sites for hydroxylation is 2. The second-order valence-corrected chi connectivity index (χ2v) is 8.33. The summed E-state index contributed by atoms with van der Waals surface area (Å²) in [6.45, 7) is 2.72. The first-order chi connectivity index (χ1) is 15.9. The smallest absolute Gasteiger partial charge is 0.228 e. The van der Waals surface area contributed by atoms with E-state index < -0.39 is 12.4 Å². The maximum atomic E-state index is 13.1. The fraction of sp³-hybridized carbons (Fsp3) is 0.214. The number of rotatable bonds is 6. The van der Waals surface area contributed by atoms with Crippen molar-refractivity contribution in [1.29, 1.82) is 0 Å². The number of halogens is 1. The molecule has 0 saturated carbocycles. The van der Waals surface area contributed by atoms with Gasteiger partial charge in [0.05, 0.1) is 12.1 Å². The molecule has 0 aliphatic heterocycles. The minimum Gasteiger partial charge on any atom is -0.463 e. The van der Waals surface area contributed by atoms with E-state index in [1.54, 1.807) is 18.2 Å². The number of aliphatic hydroxyl groups is 1. The van der Waals surface area contributed by atoms with Crippen molar-refractivity contribution in [3.8, 4) is 17.6 Å². The predicted octanol–water partition coefficient (Wildman–Crippen LogP) is 4.88. The normalized spacial score (nSPS) is 12.8. The first-order valence-electron chi connectivity index (χ1n) is 10.8. The number of ether oxygens (including phenoxy) is 1. The lowest BCUT2D eigenvalue weighted by Crippen LogP contribution is -2.43. The average Bonchev–Trinajstić information content (AvgIpc) is 3.22. The third kappa shape index (κ3) is 4.63. The zero-order valence-electron chi connectivity index (χ0n) is 18.8. The molecule has 33 heavy (non-hydrogen) atoms. The van der Waals surface area contributed by atoms with Gasteiger partial charge in [0.15, 0.2) is 0 Å². The molecule has 4 aromatic rings. The van der Waals surface area contributed by atoms with E-state index >= 15 is 0 Å². The average molecular weight is 443 g/mol. The molecule has 1 heterocycles. The number of aliphatic hydroxyl groups excluding tert-OH is 1. The van der Waals surface area contributed by atoms with E-state index in [9.17, 15) is 9.50 Å². The summed E-state index contributed by atoms with van der Waals surface area (Å²) >= 11 is 0. The molecule has 4 rings (SSSR count). The molecule has 3 aromatic carbocycles. The second-order valence-electron chi connectivity index (χ2n) is 8.33. The van der Waals surface area contributed by atoms with Crippen LogP contribution >= 0.6 is 0 Å². The van der Waals surface area contributed by atoms with Crippen LogP contribution in [0.5, 0.6) is 5.75 Å². The molecule has 0 amide bonds. The maximum Gasteiger partial charge on any atom is 0.228 e. The summed E-state index contributed by atoms with van der Waals surface area (Å²) in [7, 11) is 0. The molecule has 0 aliphatic rings. The molecule has 0 fully saturated rings. The van der Waals surface area contributed by atoms with E-state index in [2.05, 4.69) is 16.8 Å². The summed E-state index contributed by atoms with van der Waals surface area (Å²) in [5.74, 6) is 6.73. The Labute approximate surface area is 193 Å². The highest BCUT2D eigenvalue weighted by molar-refractivity contribution is 5.83. The quantitative estimate of drug-likeness (QED) is 0.373. The van der Waals surface area contributed by atoms with Gasteiger partial charge in [-0.1, -0.05) is 48.2 Å². The van der Waals surface area contributed by atoms with Crippen LogP contribution in [-0.2, 0) is 12.0 Å². The van der Waals surface area contributed by atoms with E-state index in [1.807, 2.05) is 62.5 Å². The number of hydrogen-bond acceptors (Lipinski definition) is 3. The Bertz CT molecular complexity index is 1330. The first-order valence-corrected chi connectivity index (χ1v) is 10.8. The predicted molar refractivity (Wildman–Crippen MR) is 130 cm³/mol. The number of nitrogens with one attached hydrogen (secondary N) is 1. The Morgan fingerprint density at radius 3 is 2.52 bits per heavy atom. The molecule has 0 saturated heterocycles. The fourth-order valence-electron chi connectivity index (χ4n) is 4.18. The number of nitrogens with two attached hydrogens (primary N) is 1. The standard InChI is InChI=1S/C28H27FN2O2/c1-19-6-5-7-20(2)23(19)12-10-21-11-13-27(33-18-29)25(14-21)28(30,17-32)15-22-16-31-26-9-4-3-8-24(22)26/h3-9,11,13-14,16,31-32H,15,17-18,30H2,1-2H3. The van der Waals surface area contributed by atoms with Crippen LogP contribution in [-0.4, -0.2) is 23.6 Å². The first kappa shape index (κ1) is 22.6. The Morgan fingerprint density at radius 2 is 1.79 bits per heavy atom. The van der Waals surface area contributed by atoms with Gasteiger partial charge in [-0.15, -0.1) is 0 Å². The molecular formula is C28H27FN2O2. The van der Waals surface area contributed by atoms with Gasteiger partial charge in [-0.3, -0.25) is 0 Å². The Balaban J connectivity index is 1.76. The van der Waals surface area contributed by atoms with Gasteiger partial charge < -0.3 is 20.6 Å². The summed E-state index contributed by atoms with van der Waals surface area (Å²) in [5, 5.41) is 11.4. The van der Waals surface area contributed by atoms with Crippen molar-refractivity contribution in [3.63, 3.8) is 0 Å². The Morgan fingerprint density at radius 1 is 1.03 bits per heavy atom. The fourth-order valence-corrected chi connectivity index (χ4v) is 4.18. The van der Waals surface area contributed by atoms with Crippen molar-refractivity contribution in [2.75, 3.05) is 13.5 Å². The van der Waals surface area contributed by atoms with Gasteiger partial charge in [0.2, 0.25) is 6.86 Å². The molecule has 0 bridgehead atoms. The SMILES string of the molecule is Cc1cccc(C)c1C#Cc1ccc(OCF)c(C(N)(CO)Cc2c[nH]c3ccccc23)c1. The summed E-state index contributed by atoms with van der Waals surface area (Å²) in [6.07, 6.45) is 2.23. The van der Waals surface area contributed by atoms with Crippen molar-refractivity contribution in [2.45, 2.75) is 25.8 Å². The highest BCUT2D eigenvalue weighted by atomic mass is 19.1. The van der Waals surface area contributed by atoms with Crippen LogP contribution in [0, 0.1) is 25.7 Å². The number of H-pyrrole nitrogens is 1. The summed E-state index contributed by atoms with van der Waals surface area (Å²) in [5.41, 5.74) is 11.9. The van der Waals surface area contributed by atoms with E-state index in [0.29, 0.717) is 23.3 Å². The maximum absolute atomic E-state index is 13.1. The number of fused-ring (bicyclic) bond motifs is 1. The molecule has 1 unspecified atom stereocenters. The molecule has 4 N–H and O–H groups in total. The minimum absolute atomic E-state index is 0.298. The molecular weight excluding hydrogens is 415 g/mol. The molecule has 1 atom stereocenters. The van der Waals surface area contributed by atoms with Crippen LogP contribution in [0.25, 0.3) is 10.9 Å². The van der Waals surface area contributed by atoms with Crippen LogP contribution in [0.1, 0.15) is 33.4 Å². The summed E-state index contributed by atoms with van der Waals surface area (Å²) < 4.78 is 18.4. The van der Waals surface area contributed by atoms with Crippen molar-refractivity contribution in [2.24, 2.45) is 5.73 Å². The van der Waals surface area contributed by atoms with Gasteiger partial charge in [-0.2, -0.15) is 0 Å². The van der Waals surface area contributed by atoms with Crippen LogP contribution in [0.2, 0.25) is 0 Å². The van der Waals surface area contributed by atoms with E-state index in [4.69, 9.17) is 10.5 Å². The number of para-hydroxylation sites is 1. The molecule has 0 radical (unpaired) electrons. The largest absolute Gasteiger partial charge is 0.463 e. The molecule has 0 spiro atoms. The number of benzene rings is 3. The Hall–Kier alpha value is -3.59. The third-order valence-electron chi connectivity index (χ3n) is 6.00. The van der Waals surface area contributed by atoms with E-state index in [0.717, 1.165) is 33.2 Å². The number of aromatic amines is 1. The minimum atomic E-state index is -1.19. The van der Waals surface area contributed by atoms with Crippen LogP contribution in [0.15, 0.2) is 66.9 Å². The molecule has 1 aromatic heterocycles.